The molecule has 3 rings (SSSR count). The number of hydrogen-bond donors (Lipinski definition) is 0. The highest BCUT2D eigenvalue weighted by Gasteiger charge is 2.26. The summed E-state index contributed by atoms with van der Waals surface area (Å²) in [6.45, 7) is 2.45. The highest BCUT2D eigenvalue weighted by Crippen LogP contribution is 2.30. The Kier molecular flexibility index (Phi) is 4.66. The number of ether oxygens (including phenoxy) is 3. The lowest BCUT2D eigenvalue weighted by Crippen LogP contribution is -2.07. The molecule has 0 saturated carbocycles. The molecule has 1 aliphatic heterocycles. The first-order chi connectivity index (χ1) is 12.4. The molecule has 0 amide bonds. The van der Waals surface area contributed by atoms with Crippen molar-refractivity contribution >= 4 is 29.9 Å². The third-order valence-electron chi connectivity index (χ3n) is 3.13. The Labute approximate surface area is 147 Å². The van der Waals surface area contributed by atoms with Crippen molar-refractivity contribution in [3.63, 3.8) is 0 Å². The average Bonchev–Trinajstić information content (AvgIpc) is 3.19. The van der Waals surface area contributed by atoms with Crippen molar-refractivity contribution in [3.8, 4) is 11.5 Å². The molecule has 0 saturated heterocycles. The SMILES string of the molecule is CC(=O)Oc1ccc(C=C2N=C(c3ccco3)OC2=O)cc1OC(C)=O. The van der Waals surface area contributed by atoms with E-state index in [4.69, 9.17) is 18.6 Å². The van der Waals surface area contributed by atoms with Gasteiger partial charge in [0, 0.05) is 13.8 Å². The molecule has 2 aromatic rings. The summed E-state index contributed by atoms with van der Waals surface area (Å²) >= 11 is 0. The van der Waals surface area contributed by atoms with Crippen LogP contribution in [0.5, 0.6) is 11.5 Å². The smallest absolute Gasteiger partial charge is 0.363 e. The van der Waals surface area contributed by atoms with Gasteiger partial charge in [0.05, 0.1) is 6.26 Å². The molecule has 0 spiro atoms. The van der Waals surface area contributed by atoms with Crippen molar-refractivity contribution in [1.29, 1.82) is 0 Å². The predicted octanol–water partition coefficient (Wildman–Crippen LogP) is 2.47. The second-order valence-corrected chi connectivity index (χ2v) is 5.21. The van der Waals surface area contributed by atoms with Gasteiger partial charge in [-0.15, -0.1) is 0 Å². The molecule has 8 heteroatoms. The number of cyclic esters (lactones) is 1. The van der Waals surface area contributed by atoms with E-state index in [1.807, 2.05) is 0 Å². The minimum Gasteiger partial charge on any atom is -0.459 e. The van der Waals surface area contributed by atoms with Crippen LogP contribution in [0.4, 0.5) is 0 Å². The van der Waals surface area contributed by atoms with Crippen molar-refractivity contribution in [2.45, 2.75) is 13.8 Å². The number of furan rings is 1. The summed E-state index contributed by atoms with van der Waals surface area (Å²) in [6, 6.07) is 7.73. The Balaban J connectivity index is 1.93. The van der Waals surface area contributed by atoms with Gasteiger partial charge in [0.1, 0.15) is 0 Å². The number of aliphatic imine (C=N–C) groups is 1. The van der Waals surface area contributed by atoms with E-state index in [9.17, 15) is 14.4 Å². The van der Waals surface area contributed by atoms with E-state index in [1.54, 1.807) is 18.2 Å². The summed E-state index contributed by atoms with van der Waals surface area (Å²) in [4.78, 5) is 38.4. The summed E-state index contributed by atoms with van der Waals surface area (Å²) in [5.74, 6) is -1.27. The largest absolute Gasteiger partial charge is 0.459 e. The van der Waals surface area contributed by atoms with Gasteiger partial charge in [-0.05, 0) is 35.9 Å². The van der Waals surface area contributed by atoms with Gasteiger partial charge >= 0.3 is 17.9 Å². The number of benzene rings is 1. The minimum atomic E-state index is -0.644. The molecule has 26 heavy (non-hydrogen) atoms. The Bertz CT molecular complexity index is 938. The highest BCUT2D eigenvalue weighted by atomic mass is 16.6. The van der Waals surface area contributed by atoms with E-state index in [0.29, 0.717) is 11.3 Å². The first kappa shape index (κ1) is 17.2. The summed E-state index contributed by atoms with van der Waals surface area (Å²) in [7, 11) is 0. The molecule has 0 fully saturated rings. The highest BCUT2D eigenvalue weighted by molar-refractivity contribution is 6.11. The number of rotatable bonds is 4. The molecular weight excluding hydrogens is 342 g/mol. The summed E-state index contributed by atoms with van der Waals surface area (Å²) in [5.41, 5.74) is 0.541. The number of carbonyl (C=O) groups is 3. The van der Waals surface area contributed by atoms with Crippen LogP contribution in [-0.2, 0) is 19.1 Å². The summed E-state index contributed by atoms with van der Waals surface area (Å²) in [5, 5.41) is 0. The normalized spacial score (nSPS) is 14.8. The van der Waals surface area contributed by atoms with Crippen molar-refractivity contribution in [1.82, 2.24) is 0 Å². The molecule has 1 aromatic carbocycles. The molecule has 0 bridgehead atoms. The quantitative estimate of drug-likeness (QED) is 0.471. The van der Waals surface area contributed by atoms with Crippen LogP contribution in [0.3, 0.4) is 0 Å². The Hall–Kier alpha value is -3.68. The standard InChI is InChI=1S/C18H13NO7/c1-10(20)24-14-6-5-12(9-16(14)25-11(2)21)8-13-18(22)26-17(19-13)15-4-3-7-23-15/h3-9H,1-2H3. The van der Waals surface area contributed by atoms with Gasteiger partial charge in [0.2, 0.25) is 0 Å². The van der Waals surface area contributed by atoms with E-state index in [-0.39, 0.29) is 23.1 Å². The number of nitrogens with zero attached hydrogens (tertiary/aromatic N) is 1. The fraction of sp³-hybridized carbons (Fsp3) is 0.111. The summed E-state index contributed by atoms with van der Waals surface area (Å²) in [6.07, 6.45) is 2.88. The average molecular weight is 355 g/mol. The van der Waals surface area contributed by atoms with Crippen molar-refractivity contribution < 1.29 is 33.0 Å². The van der Waals surface area contributed by atoms with Crippen molar-refractivity contribution in [2.24, 2.45) is 4.99 Å². The zero-order valence-electron chi connectivity index (χ0n) is 13.8. The molecule has 1 aliphatic rings. The van der Waals surface area contributed by atoms with Gasteiger partial charge in [0.25, 0.3) is 5.90 Å². The van der Waals surface area contributed by atoms with Crippen LogP contribution in [0.25, 0.3) is 6.08 Å². The van der Waals surface area contributed by atoms with Crippen LogP contribution in [0.2, 0.25) is 0 Å². The third kappa shape index (κ3) is 3.86. The fourth-order valence-corrected chi connectivity index (χ4v) is 2.16. The second-order valence-electron chi connectivity index (χ2n) is 5.21. The Morgan fingerprint density at radius 1 is 1.08 bits per heavy atom. The third-order valence-corrected chi connectivity index (χ3v) is 3.13. The van der Waals surface area contributed by atoms with Crippen LogP contribution in [0, 0.1) is 0 Å². The molecule has 2 heterocycles. The Morgan fingerprint density at radius 2 is 1.81 bits per heavy atom. The lowest BCUT2D eigenvalue weighted by Gasteiger charge is -2.09. The first-order valence-electron chi connectivity index (χ1n) is 7.49. The van der Waals surface area contributed by atoms with Gasteiger partial charge < -0.3 is 18.6 Å². The van der Waals surface area contributed by atoms with Crippen LogP contribution >= 0.6 is 0 Å². The number of carbonyl (C=O) groups excluding carboxylic acids is 3. The molecule has 0 aliphatic carbocycles. The van der Waals surface area contributed by atoms with Crippen LogP contribution in [0.1, 0.15) is 25.2 Å². The zero-order chi connectivity index (χ0) is 18.7. The molecule has 1 aromatic heterocycles. The van der Waals surface area contributed by atoms with Gasteiger partial charge in [-0.3, -0.25) is 9.59 Å². The number of esters is 3. The minimum absolute atomic E-state index is 0.0450. The van der Waals surface area contributed by atoms with E-state index in [2.05, 4.69) is 4.99 Å². The molecule has 8 nitrogen and oxygen atoms in total. The molecule has 0 N–H and O–H groups in total. The monoisotopic (exact) mass is 355 g/mol. The van der Waals surface area contributed by atoms with Gasteiger partial charge in [-0.25, -0.2) is 9.79 Å². The van der Waals surface area contributed by atoms with Crippen molar-refractivity contribution in [2.75, 3.05) is 0 Å². The number of hydrogen-bond acceptors (Lipinski definition) is 8. The molecule has 0 radical (unpaired) electrons. The van der Waals surface area contributed by atoms with E-state index >= 15 is 0 Å². The molecule has 0 unspecified atom stereocenters. The van der Waals surface area contributed by atoms with Crippen LogP contribution < -0.4 is 9.47 Å². The van der Waals surface area contributed by atoms with E-state index in [0.717, 1.165) is 0 Å². The maximum Gasteiger partial charge on any atom is 0.363 e. The lowest BCUT2D eigenvalue weighted by atomic mass is 10.1. The molecular formula is C18H13NO7. The first-order valence-corrected chi connectivity index (χ1v) is 7.49. The zero-order valence-corrected chi connectivity index (χ0v) is 13.8. The maximum atomic E-state index is 12.0. The molecule has 0 atom stereocenters. The van der Waals surface area contributed by atoms with Crippen LogP contribution in [-0.4, -0.2) is 23.8 Å². The van der Waals surface area contributed by atoms with E-state index < -0.39 is 17.9 Å². The van der Waals surface area contributed by atoms with Crippen molar-refractivity contribution in [3.05, 3.63) is 53.6 Å². The van der Waals surface area contributed by atoms with Gasteiger partial charge in [0.15, 0.2) is 23.0 Å². The molecule has 132 valence electrons. The fourth-order valence-electron chi connectivity index (χ4n) is 2.16. The maximum absolute atomic E-state index is 12.0. The van der Waals surface area contributed by atoms with Gasteiger partial charge in [-0.2, -0.15) is 0 Å². The summed E-state index contributed by atoms with van der Waals surface area (Å²) < 4.78 is 20.2. The van der Waals surface area contributed by atoms with E-state index in [1.165, 1.54) is 38.3 Å². The Morgan fingerprint density at radius 3 is 2.46 bits per heavy atom. The topological polar surface area (TPSA) is 104 Å². The van der Waals surface area contributed by atoms with Gasteiger partial charge in [-0.1, -0.05) is 6.07 Å². The van der Waals surface area contributed by atoms with Crippen LogP contribution in [0.15, 0.2) is 51.7 Å². The lowest BCUT2D eigenvalue weighted by molar-refractivity contribution is -0.134. The second kappa shape index (κ2) is 7.06. The predicted molar refractivity (Wildman–Crippen MR) is 88.4 cm³/mol.